The summed E-state index contributed by atoms with van der Waals surface area (Å²) in [5.41, 5.74) is 2.33. The standard InChI is InChI=1S/C15H12ClFO/c1-9-3-5-12(16)8-13(9)15(18)11-4-6-14(17)10(2)7-11/h3-8H,1-2H3. The fourth-order valence-corrected chi connectivity index (χ4v) is 1.95. The topological polar surface area (TPSA) is 17.1 Å². The Labute approximate surface area is 110 Å². The Kier molecular flexibility index (Phi) is 3.48. The van der Waals surface area contributed by atoms with Gasteiger partial charge >= 0.3 is 0 Å². The van der Waals surface area contributed by atoms with E-state index in [1.807, 2.05) is 6.92 Å². The zero-order valence-electron chi connectivity index (χ0n) is 10.1. The molecule has 0 aliphatic carbocycles. The van der Waals surface area contributed by atoms with Crippen LogP contribution < -0.4 is 0 Å². The highest BCUT2D eigenvalue weighted by Gasteiger charge is 2.13. The van der Waals surface area contributed by atoms with Crippen molar-refractivity contribution in [1.82, 2.24) is 0 Å². The summed E-state index contributed by atoms with van der Waals surface area (Å²) in [5, 5.41) is 0.516. The zero-order valence-corrected chi connectivity index (χ0v) is 10.9. The minimum absolute atomic E-state index is 0.141. The lowest BCUT2D eigenvalue weighted by molar-refractivity contribution is 0.103. The summed E-state index contributed by atoms with van der Waals surface area (Å²) in [5.74, 6) is -0.451. The quantitative estimate of drug-likeness (QED) is 0.737. The van der Waals surface area contributed by atoms with E-state index in [0.29, 0.717) is 21.7 Å². The molecular formula is C15H12ClFO. The van der Waals surface area contributed by atoms with Crippen LogP contribution in [0, 0.1) is 19.7 Å². The largest absolute Gasteiger partial charge is 0.289 e. The molecule has 0 amide bonds. The third-order valence-corrected chi connectivity index (χ3v) is 3.10. The second-order valence-corrected chi connectivity index (χ2v) is 4.69. The Hall–Kier alpha value is -1.67. The van der Waals surface area contributed by atoms with Gasteiger partial charge in [0, 0.05) is 16.1 Å². The Morgan fingerprint density at radius 2 is 1.78 bits per heavy atom. The Bertz CT molecular complexity index is 620. The van der Waals surface area contributed by atoms with Crippen LogP contribution in [-0.2, 0) is 0 Å². The number of aryl methyl sites for hydroxylation is 2. The minimum Gasteiger partial charge on any atom is -0.289 e. The first kappa shape index (κ1) is 12.8. The molecule has 0 N–H and O–H groups in total. The molecule has 1 nitrogen and oxygen atoms in total. The molecule has 0 atom stereocenters. The number of hydrogen-bond donors (Lipinski definition) is 0. The van der Waals surface area contributed by atoms with Crippen LogP contribution in [0.25, 0.3) is 0 Å². The van der Waals surface area contributed by atoms with Gasteiger partial charge in [0.2, 0.25) is 0 Å². The van der Waals surface area contributed by atoms with E-state index in [1.165, 1.54) is 12.1 Å². The number of hydrogen-bond acceptors (Lipinski definition) is 1. The van der Waals surface area contributed by atoms with E-state index in [2.05, 4.69) is 0 Å². The number of ketones is 1. The highest BCUT2D eigenvalue weighted by molar-refractivity contribution is 6.31. The second kappa shape index (κ2) is 4.91. The van der Waals surface area contributed by atoms with Gasteiger partial charge in [0.25, 0.3) is 0 Å². The summed E-state index contributed by atoms with van der Waals surface area (Å²) in [6.07, 6.45) is 0. The molecule has 2 aromatic rings. The third kappa shape index (κ3) is 2.44. The van der Waals surface area contributed by atoms with Gasteiger partial charge in [0.05, 0.1) is 0 Å². The molecular weight excluding hydrogens is 251 g/mol. The molecule has 0 spiro atoms. The molecule has 0 aromatic heterocycles. The Morgan fingerprint density at radius 3 is 2.44 bits per heavy atom. The molecule has 0 aliphatic rings. The predicted octanol–water partition coefficient (Wildman–Crippen LogP) is 4.33. The molecule has 0 saturated heterocycles. The van der Waals surface area contributed by atoms with Crippen molar-refractivity contribution in [3.63, 3.8) is 0 Å². The van der Waals surface area contributed by atoms with E-state index in [9.17, 15) is 9.18 Å². The summed E-state index contributed by atoms with van der Waals surface area (Å²) < 4.78 is 13.2. The smallest absolute Gasteiger partial charge is 0.193 e. The summed E-state index contributed by atoms with van der Waals surface area (Å²) >= 11 is 5.89. The van der Waals surface area contributed by atoms with Crippen LogP contribution in [0.15, 0.2) is 36.4 Å². The molecule has 0 unspecified atom stereocenters. The van der Waals surface area contributed by atoms with E-state index in [4.69, 9.17) is 11.6 Å². The molecule has 0 radical (unpaired) electrons. The maximum atomic E-state index is 13.2. The molecule has 0 aliphatic heterocycles. The van der Waals surface area contributed by atoms with Crippen molar-refractivity contribution >= 4 is 17.4 Å². The number of rotatable bonds is 2. The average Bonchev–Trinajstić information content (AvgIpc) is 2.35. The maximum absolute atomic E-state index is 13.2. The molecule has 0 fully saturated rings. The van der Waals surface area contributed by atoms with Gasteiger partial charge < -0.3 is 0 Å². The van der Waals surface area contributed by atoms with Gasteiger partial charge in [0.15, 0.2) is 5.78 Å². The molecule has 18 heavy (non-hydrogen) atoms. The molecule has 2 rings (SSSR count). The fraction of sp³-hybridized carbons (Fsp3) is 0.133. The lowest BCUT2D eigenvalue weighted by atomic mass is 9.98. The van der Waals surface area contributed by atoms with E-state index in [1.54, 1.807) is 31.2 Å². The van der Waals surface area contributed by atoms with Gasteiger partial charge in [-0.25, -0.2) is 4.39 Å². The molecule has 2 aromatic carbocycles. The first-order chi connectivity index (χ1) is 8.49. The van der Waals surface area contributed by atoms with Crippen molar-refractivity contribution in [1.29, 1.82) is 0 Å². The summed E-state index contributed by atoms with van der Waals surface area (Å²) in [7, 11) is 0. The summed E-state index contributed by atoms with van der Waals surface area (Å²) in [4.78, 5) is 12.3. The van der Waals surface area contributed by atoms with Gasteiger partial charge in [-0.05, 0) is 55.3 Å². The molecule has 0 bridgehead atoms. The predicted molar refractivity (Wildman–Crippen MR) is 70.8 cm³/mol. The van der Waals surface area contributed by atoms with Crippen LogP contribution in [0.5, 0.6) is 0 Å². The van der Waals surface area contributed by atoms with E-state index >= 15 is 0 Å². The molecule has 92 valence electrons. The van der Waals surface area contributed by atoms with Crippen molar-refractivity contribution in [3.8, 4) is 0 Å². The highest BCUT2D eigenvalue weighted by Crippen LogP contribution is 2.20. The average molecular weight is 263 g/mol. The van der Waals surface area contributed by atoms with Crippen molar-refractivity contribution < 1.29 is 9.18 Å². The van der Waals surface area contributed by atoms with Gasteiger partial charge in [-0.15, -0.1) is 0 Å². The van der Waals surface area contributed by atoms with Gasteiger partial charge in [-0.3, -0.25) is 4.79 Å². The monoisotopic (exact) mass is 262 g/mol. The first-order valence-corrected chi connectivity index (χ1v) is 5.94. The van der Waals surface area contributed by atoms with Gasteiger partial charge in [-0.2, -0.15) is 0 Å². The number of halogens is 2. The van der Waals surface area contributed by atoms with Crippen molar-refractivity contribution in [2.24, 2.45) is 0 Å². The van der Waals surface area contributed by atoms with Gasteiger partial charge in [0.1, 0.15) is 5.82 Å². The molecule has 3 heteroatoms. The first-order valence-electron chi connectivity index (χ1n) is 5.56. The van der Waals surface area contributed by atoms with Crippen LogP contribution in [0.3, 0.4) is 0 Å². The van der Waals surface area contributed by atoms with Crippen LogP contribution in [0.1, 0.15) is 27.0 Å². The number of carbonyl (C=O) groups excluding carboxylic acids is 1. The van der Waals surface area contributed by atoms with E-state index in [-0.39, 0.29) is 11.6 Å². The second-order valence-electron chi connectivity index (χ2n) is 4.25. The van der Waals surface area contributed by atoms with Crippen molar-refractivity contribution in [2.45, 2.75) is 13.8 Å². The lowest BCUT2D eigenvalue weighted by Gasteiger charge is -2.06. The number of carbonyl (C=O) groups is 1. The minimum atomic E-state index is -0.311. The maximum Gasteiger partial charge on any atom is 0.193 e. The molecule has 0 heterocycles. The van der Waals surface area contributed by atoms with Gasteiger partial charge in [-0.1, -0.05) is 17.7 Å². The SMILES string of the molecule is Cc1cc(C(=O)c2cc(Cl)ccc2C)ccc1F. The normalized spacial score (nSPS) is 10.4. The van der Waals surface area contributed by atoms with Crippen LogP contribution in [-0.4, -0.2) is 5.78 Å². The fourth-order valence-electron chi connectivity index (χ4n) is 1.78. The van der Waals surface area contributed by atoms with Crippen LogP contribution >= 0.6 is 11.6 Å². The summed E-state index contributed by atoms with van der Waals surface area (Å²) in [6, 6.07) is 9.53. The van der Waals surface area contributed by atoms with E-state index < -0.39 is 0 Å². The number of benzene rings is 2. The Balaban J connectivity index is 2.47. The highest BCUT2D eigenvalue weighted by atomic mass is 35.5. The van der Waals surface area contributed by atoms with Crippen LogP contribution in [0.4, 0.5) is 4.39 Å². The van der Waals surface area contributed by atoms with Crippen molar-refractivity contribution in [3.05, 3.63) is 69.5 Å². The summed E-state index contributed by atoms with van der Waals surface area (Å²) in [6.45, 7) is 3.48. The molecule has 0 saturated carbocycles. The van der Waals surface area contributed by atoms with E-state index in [0.717, 1.165) is 5.56 Å². The lowest BCUT2D eigenvalue weighted by Crippen LogP contribution is -2.04. The zero-order chi connectivity index (χ0) is 13.3. The van der Waals surface area contributed by atoms with Crippen LogP contribution in [0.2, 0.25) is 5.02 Å². The Morgan fingerprint density at radius 1 is 1.06 bits per heavy atom. The van der Waals surface area contributed by atoms with Crippen molar-refractivity contribution in [2.75, 3.05) is 0 Å². The third-order valence-electron chi connectivity index (χ3n) is 2.86.